The Bertz CT molecular complexity index is 666. The van der Waals surface area contributed by atoms with E-state index < -0.39 is 0 Å². The van der Waals surface area contributed by atoms with E-state index in [4.69, 9.17) is 5.26 Å². The lowest BCUT2D eigenvalue weighted by atomic mass is 10.0. The highest BCUT2D eigenvalue weighted by atomic mass is 14.9. The summed E-state index contributed by atoms with van der Waals surface area (Å²) in [5.74, 6) is 0. The van der Waals surface area contributed by atoms with Gasteiger partial charge in [-0.15, -0.1) is 0 Å². The first-order valence-electron chi connectivity index (χ1n) is 6.85. The molecule has 0 aliphatic carbocycles. The van der Waals surface area contributed by atoms with E-state index in [0.29, 0.717) is 5.56 Å². The van der Waals surface area contributed by atoms with Gasteiger partial charge in [-0.3, -0.25) is 0 Å². The predicted octanol–water partition coefficient (Wildman–Crippen LogP) is 4.66. The molecule has 0 bridgehead atoms. The highest BCUT2D eigenvalue weighted by molar-refractivity contribution is 5.56. The quantitative estimate of drug-likeness (QED) is 0.875. The number of hydrogen-bond donors (Lipinski definition) is 1. The summed E-state index contributed by atoms with van der Waals surface area (Å²) in [6, 6.07) is 14.7. The molecule has 0 aliphatic heterocycles. The summed E-state index contributed by atoms with van der Waals surface area (Å²) in [5.41, 5.74) is 6.73. The average Bonchev–Trinajstić information content (AvgIpc) is 2.44. The minimum atomic E-state index is 0.210. The molecule has 0 saturated heterocycles. The molecule has 1 N–H and O–H groups in total. The van der Waals surface area contributed by atoms with E-state index in [1.54, 1.807) is 0 Å². The third kappa shape index (κ3) is 3.00. The molecular weight excluding hydrogens is 244 g/mol. The number of hydrogen-bond acceptors (Lipinski definition) is 2. The Morgan fingerprint density at radius 1 is 0.950 bits per heavy atom. The Kier molecular flexibility index (Phi) is 4.10. The van der Waals surface area contributed by atoms with E-state index >= 15 is 0 Å². The molecule has 0 radical (unpaired) electrons. The molecule has 2 aromatic rings. The van der Waals surface area contributed by atoms with Crippen molar-refractivity contribution >= 4 is 5.69 Å². The fourth-order valence-electron chi connectivity index (χ4n) is 2.20. The Morgan fingerprint density at radius 2 is 1.65 bits per heavy atom. The van der Waals surface area contributed by atoms with Crippen LogP contribution < -0.4 is 5.32 Å². The molecule has 2 aromatic carbocycles. The SMILES string of the molecule is Cc1ccc(C(C)Nc2cc(C#N)ccc2C)cc1C. The summed E-state index contributed by atoms with van der Waals surface area (Å²) in [4.78, 5) is 0. The zero-order valence-corrected chi connectivity index (χ0v) is 12.5. The number of anilines is 1. The lowest BCUT2D eigenvalue weighted by Gasteiger charge is -2.18. The second kappa shape index (κ2) is 5.79. The molecule has 1 atom stereocenters. The van der Waals surface area contributed by atoms with Crippen LogP contribution in [-0.4, -0.2) is 0 Å². The lowest BCUT2D eigenvalue weighted by molar-refractivity contribution is 0.879. The first-order valence-corrected chi connectivity index (χ1v) is 6.85. The van der Waals surface area contributed by atoms with Crippen molar-refractivity contribution < 1.29 is 0 Å². The topological polar surface area (TPSA) is 35.8 Å². The molecular formula is C18H20N2. The maximum absolute atomic E-state index is 8.99. The molecule has 2 rings (SSSR count). The van der Waals surface area contributed by atoms with Crippen molar-refractivity contribution in [1.82, 2.24) is 0 Å². The third-order valence-electron chi connectivity index (χ3n) is 3.77. The largest absolute Gasteiger partial charge is 0.378 e. The Labute approximate surface area is 121 Å². The molecule has 0 aromatic heterocycles. The average molecular weight is 264 g/mol. The molecule has 0 heterocycles. The summed E-state index contributed by atoms with van der Waals surface area (Å²) < 4.78 is 0. The molecule has 2 heteroatoms. The standard InChI is InChI=1S/C18H20N2/c1-12-6-8-17(9-14(12)3)15(4)20-18-10-16(11-19)7-5-13(18)2/h5-10,15,20H,1-4H3. The molecule has 0 aliphatic rings. The second-order valence-corrected chi connectivity index (χ2v) is 5.35. The van der Waals surface area contributed by atoms with E-state index in [9.17, 15) is 0 Å². The van der Waals surface area contributed by atoms with Gasteiger partial charge in [0.15, 0.2) is 0 Å². The number of nitrogens with zero attached hydrogens (tertiary/aromatic N) is 1. The lowest BCUT2D eigenvalue weighted by Crippen LogP contribution is -2.08. The molecule has 0 spiro atoms. The van der Waals surface area contributed by atoms with Gasteiger partial charge in [0, 0.05) is 11.7 Å². The van der Waals surface area contributed by atoms with Crippen molar-refractivity contribution in [2.75, 3.05) is 5.32 Å². The van der Waals surface area contributed by atoms with Crippen molar-refractivity contribution in [2.24, 2.45) is 0 Å². The van der Waals surface area contributed by atoms with E-state index in [1.807, 2.05) is 18.2 Å². The maximum Gasteiger partial charge on any atom is 0.0992 e. The van der Waals surface area contributed by atoms with Crippen LogP contribution in [0, 0.1) is 32.1 Å². The summed E-state index contributed by atoms with van der Waals surface area (Å²) in [7, 11) is 0. The minimum Gasteiger partial charge on any atom is -0.378 e. The zero-order chi connectivity index (χ0) is 14.7. The van der Waals surface area contributed by atoms with E-state index in [1.165, 1.54) is 16.7 Å². The highest BCUT2D eigenvalue weighted by Gasteiger charge is 2.08. The van der Waals surface area contributed by atoms with Gasteiger partial charge in [0.05, 0.1) is 11.6 Å². The van der Waals surface area contributed by atoms with Crippen LogP contribution in [0.25, 0.3) is 0 Å². The van der Waals surface area contributed by atoms with Gasteiger partial charge in [0.1, 0.15) is 0 Å². The summed E-state index contributed by atoms with van der Waals surface area (Å²) in [6.45, 7) is 8.45. The van der Waals surface area contributed by atoms with E-state index in [-0.39, 0.29) is 6.04 Å². The first-order chi connectivity index (χ1) is 9.51. The zero-order valence-electron chi connectivity index (χ0n) is 12.5. The van der Waals surface area contributed by atoms with Crippen LogP contribution in [0.2, 0.25) is 0 Å². The Balaban J connectivity index is 2.25. The highest BCUT2D eigenvalue weighted by Crippen LogP contribution is 2.24. The summed E-state index contributed by atoms with van der Waals surface area (Å²) in [5, 5.41) is 12.5. The van der Waals surface area contributed by atoms with Crippen LogP contribution in [-0.2, 0) is 0 Å². The molecule has 1 unspecified atom stereocenters. The van der Waals surface area contributed by atoms with Crippen molar-refractivity contribution in [3.63, 3.8) is 0 Å². The molecule has 20 heavy (non-hydrogen) atoms. The van der Waals surface area contributed by atoms with Crippen molar-refractivity contribution in [2.45, 2.75) is 33.7 Å². The van der Waals surface area contributed by atoms with Crippen LogP contribution in [0.5, 0.6) is 0 Å². The van der Waals surface area contributed by atoms with Gasteiger partial charge in [-0.25, -0.2) is 0 Å². The number of nitriles is 1. The van der Waals surface area contributed by atoms with Gasteiger partial charge in [0.2, 0.25) is 0 Å². The van der Waals surface area contributed by atoms with Crippen molar-refractivity contribution in [1.29, 1.82) is 5.26 Å². The van der Waals surface area contributed by atoms with Crippen LogP contribution in [0.3, 0.4) is 0 Å². The summed E-state index contributed by atoms with van der Waals surface area (Å²) >= 11 is 0. The summed E-state index contributed by atoms with van der Waals surface area (Å²) in [6.07, 6.45) is 0. The second-order valence-electron chi connectivity index (χ2n) is 5.35. The van der Waals surface area contributed by atoms with E-state index in [0.717, 1.165) is 11.3 Å². The number of benzene rings is 2. The smallest absolute Gasteiger partial charge is 0.0992 e. The molecule has 0 amide bonds. The Hall–Kier alpha value is -2.27. The monoisotopic (exact) mass is 264 g/mol. The molecule has 102 valence electrons. The van der Waals surface area contributed by atoms with Crippen molar-refractivity contribution in [3.8, 4) is 6.07 Å². The Morgan fingerprint density at radius 3 is 2.30 bits per heavy atom. The van der Waals surface area contributed by atoms with Crippen LogP contribution in [0.4, 0.5) is 5.69 Å². The first kappa shape index (κ1) is 14.1. The molecule has 0 fully saturated rings. The third-order valence-corrected chi connectivity index (χ3v) is 3.77. The van der Waals surface area contributed by atoms with Gasteiger partial charge in [-0.05, 0) is 62.1 Å². The van der Waals surface area contributed by atoms with Gasteiger partial charge >= 0.3 is 0 Å². The minimum absolute atomic E-state index is 0.210. The molecule has 0 saturated carbocycles. The van der Waals surface area contributed by atoms with E-state index in [2.05, 4.69) is 57.3 Å². The maximum atomic E-state index is 8.99. The van der Waals surface area contributed by atoms with Crippen LogP contribution in [0.15, 0.2) is 36.4 Å². The van der Waals surface area contributed by atoms with Gasteiger partial charge in [-0.2, -0.15) is 5.26 Å². The van der Waals surface area contributed by atoms with Crippen LogP contribution >= 0.6 is 0 Å². The van der Waals surface area contributed by atoms with Gasteiger partial charge in [0.25, 0.3) is 0 Å². The van der Waals surface area contributed by atoms with Crippen molar-refractivity contribution in [3.05, 3.63) is 64.2 Å². The number of aryl methyl sites for hydroxylation is 3. The predicted molar refractivity (Wildman–Crippen MR) is 83.8 cm³/mol. The molecule has 2 nitrogen and oxygen atoms in total. The fraction of sp³-hybridized carbons (Fsp3) is 0.278. The van der Waals surface area contributed by atoms with Gasteiger partial charge < -0.3 is 5.32 Å². The fourth-order valence-corrected chi connectivity index (χ4v) is 2.20. The number of rotatable bonds is 3. The van der Waals surface area contributed by atoms with Gasteiger partial charge in [-0.1, -0.05) is 24.3 Å². The normalized spacial score (nSPS) is 11.8. The number of nitrogens with one attached hydrogen (secondary N) is 1. The van der Waals surface area contributed by atoms with Crippen LogP contribution in [0.1, 0.15) is 40.8 Å².